The first kappa shape index (κ1) is 11.6. The monoisotopic (exact) mass is 415 g/mol. The van der Waals surface area contributed by atoms with Crippen LogP contribution in [0.4, 0.5) is 0 Å². The molecule has 0 aliphatic carbocycles. The molecule has 78 valence electrons. The number of nitrogens with one attached hydrogen (secondary N) is 1. The van der Waals surface area contributed by atoms with Crippen molar-refractivity contribution in [2.24, 2.45) is 0 Å². The minimum absolute atomic E-state index is 0.174. The highest BCUT2D eigenvalue weighted by Crippen LogP contribution is 2.29. The standard InChI is InChI=1S/C8H3BrINO2S2/c9-4-1-3(13-6(4)10)2-5-7(12)11-8(14)15-5/h1-2H,(H,11,12,14)/b5-2-. The number of thiocarbonyl (C=S) groups is 1. The lowest BCUT2D eigenvalue weighted by molar-refractivity contribution is -0.115. The fraction of sp³-hybridized carbons (Fsp3) is 0. The SMILES string of the molecule is O=C1NC(=S)S/C1=C\c1cc(Br)c(I)o1. The predicted octanol–water partition coefficient (Wildman–Crippen LogP) is 3.14. The molecule has 2 rings (SSSR count). The van der Waals surface area contributed by atoms with Crippen LogP contribution in [0.1, 0.15) is 5.76 Å². The van der Waals surface area contributed by atoms with Crippen LogP contribution in [0.3, 0.4) is 0 Å². The summed E-state index contributed by atoms with van der Waals surface area (Å²) in [5.41, 5.74) is 0. The van der Waals surface area contributed by atoms with Gasteiger partial charge in [-0.3, -0.25) is 4.79 Å². The molecule has 0 saturated carbocycles. The Hall–Kier alpha value is 0.140. The third kappa shape index (κ3) is 2.63. The van der Waals surface area contributed by atoms with Gasteiger partial charge in [0, 0.05) is 28.7 Å². The van der Waals surface area contributed by atoms with Crippen molar-refractivity contribution in [3.05, 3.63) is 25.0 Å². The minimum Gasteiger partial charge on any atom is -0.450 e. The minimum atomic E-state index is -0.174. The van der Waals surface area contributed by atoms with Crippen LogP contribution in [0, 0.1) is 3.77 Å². The summed E-state index contributed by atoms with van der Waals surface area (Å²) < 4.78 is 7.50. The molecule has 0 bridgehead atoms. The van der Waals surface area contributed by atoms with Gasteiger partial charge in [0.15, 0.2) is 3.77 Å². The summed E-state index contributed by atoms with van der Waals surface area (Å²) in [6.45, 7) is 0. The zero-order chi connectivity index (χ0) is 11.0. The fourth-order valence-electron chi connectivity index (χ4n) is 0.985. The van der Waals surface area contributed by atoms with Crippen molar-refractivity contribution in [1.82, 2.24) is 5.32 Å². The zero-order valence-corrected chi connectivity index (χ0v) is 12.4. The molecular weight excluding hydrogens is 413 g/mol. The Morgan fingerprint density at radius 2 is 2.40 bits per heavy atom. The highest BCUT2D eigenvalue weighted by atomic mass is 127. The second-order valence-electron chi connectivity index (χ2n) is 2.62. The fourth-order valence-corrected chi connectivity index (χ4v) is 2.73. The Kier molecular flexibility index (Phi) is 3.53. The normalized spacial score (nSPS) is 18.7. The lowest BCUT2D eigenvalue weighted by Crippen LogP contribution is -2.17. The lowest BCUT2D eigenvalue weighted by Gasteiger charge is -1.88. The van der Waals surface area contributed by atoms with Gasteiger partial charge in [0.25, 0.3) is 5.91 Å². The molecule has 0 unspecified atom stereocenters. The van der Waals surface area contributed by atoms with Gasteiger partial charge in [-0.15, -0.1) is 0 Å². The van der Waals surface area contributed by atoms with Gasteiger partial charge in [0.2, 0.25) is 0 Å². The van der Waals surface area contributed by atoms with Gasteiger partial charge < -0.3 is 9.73 Å². The second-order valence-corrected chi connectivity index (χ2v) is 6.18. The maximum absolute atomic E-state index is 11.3. The summed E-state index contributed by atoms with van der Waals surface area (Å²) in [6.07, 6.45) is 1.67. The molecule has 1 aromatic heterocycles. The van der Waals surface area contributed by atoms with Crippen LogP contribution in [0.25, 0.3) is 6.08 Å². The summed E-state index contributed by atoms with van der Waals surface area (Å²) in [6, 6.07) is 1.81. The summed E-state index contributed by atoms with van der Waals surface area (Å²) >= 11 is 11.5. The molecule has 1 saturated heterocycles. The molecule has 1 aromatic rings. The number of hydrogen-bond acceptors (Lipinski definition) is 4. The van der Waals surface area contributed by atoms with E-state index in [1.165, 1.54) is 11.8 Å². The molecule has 2 heterocycles. The van der Waals surface area contributed by atoms with Gasteiger partial charge in [-0.2, -0.15) is 0 Å². The Balaban J connectivity index is 2.30. The highest BCUT2D eigenvalue weighted by molar-refractivity contribution is 14.1. The van der Waals surface area contributed by atoms with Crippen molar-refractivity contribution >= 4 is 78.8 Å². The van der Waals surface area contributed by atoms with E-state index in [0.717, 1.165) is 8.24 Å². The quantitative estimate of drug-likeness (QED) is 0.434. The second kappa shape index (κ2) is 4.56. The number of furan rings is 1. The topological polar surface area (TPSA) is 42.2 Å². The maximum Gasteiger partial charge on any atom is 0.263 e. The molecule has 7 heteroatoms. The van der Waals surface area contributed by atoms with Gasteiger partial charge in [0.05, 0.1) is 9.38 Å². The lowest BCUT2D eigenvalue weighted by atomic mass is 10.4. The van der Waals surface area contributed by atoms with E-state index in [2.05, 4.69) is 43.8 Å². The van der Waals surface area contributed by atoms with Crippen LogP contribution in [-0.2, 0) is 4.79 Å². The molecule has 1 fully saturated rings. The summed E-state index contributed by atoms with van der Waals surface area (Å²) in [7, 11) is 0. The van der Waals surface area contributed by atoms with E-state index in [1.807, 2.05) is 6.07 Å². The molecular formula is C8H3BrINO2S2. The first-order valence-electron chi connectivity index (χ1n) is 3.76. The molecule has 1 amide bonds. The van der Waals surface area contributed by atoms with Crippen molar-refractivity contribution in [1.29, 1.82) is 0 Å². The van der Waals surface area contributed by atoms with Crippen LogP contribution in [-0.4, -0.2) is 10.2 Å². The molecule has 0 aromatic carbocycles. The number of rotatable bonds is 1. The Bertz CT molecular complexity index is 463. The number of halogens is 2. The molecule has 1 aliphatic rings. The van der Waals surface area contributed by atoms with Crippen LogP contribution in [0.5, 0.6) is 0 Å². The predicted molar refractivity (Wildman–Crippen MR) is 75.4 cm³/mol. The number of amides is 1. The summed E-state index contributed by atoms with van der Waals surface area (Å²) in [5.74, 6) is 0.459. The van der Waals surface area contributed by atoms with E-state index in [4.69, 9.17) is 16.6 Å². The number of thioether (sulfide) groups is 1. The summed E-state index contributed by atoms with van der Waals surface area (Å²) in [5, 5.41) is 2.54. The first-order valence-corrected chi connectivity index (χ1v) is 6.85. The van der Waals surface area contributed by atoms with E-state index in [9.17, 15) is 4.79 Å². The van der Waals surface area contributed by atoms with Crippen LogP contribution in [0.15, 0.2) is 19.9 Å². The molecule has 1 aliphatic heterocycles. The molecule has 1 N–H and O–H groups in total. The third-order valence-electron chi connectivity index (χ3n) is 1.58. The van der Waals surface area contributed by atoms with Crippen LogP contribution >= 0.6 is 62.5 Å². The van der Waals surface area contributed by atoms with Crippen LogP contribution in [0.2, 0.25) is 0 Å². The van der Waals surface area contributed by atoms with Crippen molar-refractivity contribution < 1.29 is 9.21 Å². The van der Waals surface area contributed by atoms with E-state index in [1.54, 1.807) is 6.08 Å². The van der Waals surface area contributed by atoms with Gasteiger partial charge in [0.1, 0.15) is 10.1 Å². The van der Waals surface area contributed by atoms with Crippen molar-refractivity contribution in [2.45, 2.75) is 0 Å². The van der Waals surface area contributed by atoms with E-state index in [-0.39, 0.29) is 5.91 Å². The van der Waals surface area contributed by atoms with E-state index < -0.39 is 0 Å². The average Bonchev–Trinajstić information content (AvgIpc) is 2.59. The first-order chi connectivity index (χ1) is 7.06. The number of carbonyl (C=O) groups excluding carboxylic acids is 1. The Labute approximate surface area is 117 Å². The molecule has 0 radical (unpaired) electrons. The zero-order valence-electron chi connectivity index (χ0n) is 7.04. The molecule has 15 heavy (non-hydrogen) atoms. The van der Waals surface area contributed by atoms with Gasteiger partial charge >= 0.3 is 0 Å². The highest BCUT2D eigenvalue weighted by Gasteiger charge is 2.22. The third-order valence-corrected chi connectivity index (χ3v) is 4.87. The van der Waals surface area contributed by atoms with Crippen molar-refractivity contribution in [3.8, 4) is 0 Å². The van der Waals surface area contributed by atoms with Gasteiger partial charge in [-0.25, -0.2) is 0 Å². The largest absolute Gasteiger partial charge is 0.450 e. The van der Waals surface area contributed by atoms with Gasteiger partial charge in [-0.1, -0.05) is 24.0 Å². The van der Waals surface area contributed by atoms with Gasteiger partial charge in [-0.05, 0) is 22.0 Å². The smallest absolute Gasteiger partial charge is 0.263 e. The average molecular weight is 416 g/mol. The Morgan fingerprint density at radius 1 is 1.67 bits per heavy atom. The van der Waals surface area contributed by atoms with Crippen molar-refractivity contribution in [2.75, 3.05) is 0 Å². The Morgan fingerprint density at radius 3 is 2.87 bits per heavy atom. The van der Waals surface area contributed by atoms with E-state index >= 15 is 0 Å². The number of carbonyl (C=O) groups is 1. The van der Waals surface area contributed by atoms with E-state index in [0.29, 0.717) is 15.0 Å². The molecule has 0 spiro atoms. The maximum atomic E-state index is 11.3. The number of hydrogen-bond donors (Lipinski definition) is 1. The van der Waals surface area contributed by atoms with Crippen LogP contribution < -0.4 is 5.32 Å². The van der Waals surface area contributed by atoms with Crippen molar-refractivity contribution in [3.63, 3.8) is 0 Å². The molecule has 3 nitrogen and oxygen atoms in total. The summed E-state index contributed by atoms with van der Waals surface area (Å²) in [4.78, 5) is 11.9. The molecule has 0 atom stereocenters.